The van der Waals surface area contributed by atoms with Gasteiger partial charge in [-0.1, -0.05) is 6.92 Å². The van der Waals surface area contributed by atoms with Crippen LogP contribution in [0.25, 0.3) is 0 Å². The van der Waals surface area contributed by atoms with Crippen molar-refractivity contribution >= 4 is 11.6 Å². The molecule has 0 atom stereocenters. The van der Waals surface area contributed by atoms with Gasteiger partial charge in [0.25, 0.3) is 0 Å². The maximum Gasteiger partial charge on any atom is 0.137 e. The highest BCUT2D eigenvalue weighted by atomic mass is 16.5. The second-order valence-corrected chi connectivity index (χ2v) is 5.56. The first-order chi connectivity index (χ1) is 9.99. The van der Waals surface area contributed by atoms with Gasteiger partial charge in [0, 0.05) is 32.1 Å². The molecule has 5 heteroatoms. The van der Waals surface area contributed by atoms with E-state index >= 15 is 0 Å². The van der Waals surface area contributed by atoms with Gasteiger partial charge in [0.2, 0.25) is 0 Å². The molecule has 120 valence electrons. The monoisotopic (exact) mass is 294 g/mol. The molecule has 0 unspecified atom stereocenters. The number of aromatic nitrogens is 2. The van der Waals surface area contributed by atoms with E-state index in [4.69, 9.17) is 9.72 Å². The molecule has 0 fully saturated rings. The van der Waals surface area contributed by atoms with Crippen LogP contribution in [0.3, 0.4) is 0 Å². The van der Waals surface area contributed by atoms with Crippen LogP contribution in [0.2, 0.25) is 0 Å². The Hall–Kier alpha value is -1.36. The Morgan fingerprint density at radius 1 is 1.24 bits per heavy atom. The molecule has 0 aliphatic carbocycles. The van der Waals surface area contributed by atoms with E-state index in [1.165, 1.54) is 0 Å². The second-order valence-electron chi connectivity index (χ2n) is 5.56. The molecule has 5 nitrogen and oxygen atoms in total. The molecule has 1 N–H and O–H groups in total. The molecule has 21 heavy (non-hydrogen) atoms. The lowest BCUT2D eigenvalue weighted by molar-refractivity contribution is 0.0845. The lowest BCUT2D eigenvalue weighted by Crippen LogP contribution is -2.26. The smallest absolute Gasteiger partial charge is 0.137 e. The number of hydrogen-bond donors (Lipinski definition) is 1. The van der Waals surface area contributed by atoms with Crippen LogP contribution in [0.5, 0.6) is 0 Å². The van der Waals surface area contributed by atoms with Crippen molar-refractivity contribution in [2.45, 2.75) is 53.6 Å². The van der Waals surface area contributed by atoms with Gasteiger partial charge in [-0.25, -0.2) is 9.97 Å². The van der Waals surface area contributed by atoms with Crippen LogP contribution in [0, 0.1) is 6.92 Å². The number of rotatable bonds is 9. The van der Waals surface area contributed by atoms with Crippen molar-refractivity contribution in [1.82, 2.24) is 9.97 Å². The predicted octanol–water partition coefficient (Wildman–Crippen LogP) is 3.03. The third kappa shape index (κ3) is 5.50. The first-order valence-electron chi connectivity index (χ1n) is 7.93. The maximum atomic E-state index is 5.63. The van der Waals surface area contributed by atoms with E-state index in [1.54, 1.807) is 0 Å². The first-order valence-corrected chi connectivity index (χ1v) is 7.93. The van der Waals surface area contributed by atoms with Crippen LogP contribution >= 0.6 is 0 Å². The topological polar surface area (TPSA) is 50.3 Å². The Kier molecular flexibility index (Phi) is 7.43. The molecule has 0 aromatic carbocycles. The largest absolute Gasteiger partial charge is 0.377 e. The summed E-state index contributed by atoms with van der Waals surface area (Å²) in [6, 6.07) is 0. The molecule has 0 bridgehead atoms. The average Bonchev–Trinajstić information content (AvgIpc) is 2.42. The van der Waals surface area contributed by atoms with Crippen molar-refractivity contribution in [1.29, 1.82) is 0 Å². The van der Waals surface area contributed by atoms with Crippen LogP contribution in [-0.4, -0.2) is 42.8 Å². The van der Waals surface area contributed by atoms with Gasteiger partial charge in [0.15, 0.2) is 0 Å². The molecule has 1 heterocycles. The lowest BCUT2D eigenvalue weighted by atomic mass is 10.2. The zero-order valence-electron chi connectivity index (χ0n) is 14.4. The maximum absolute atomic E-state index is 5.63. The summed E-state index contributed by atoms with van der Waals surface area (Å²) in [7, 11) is 2.06. The van der Waals surface area contributed by atoms with Crippen LogP contribution in [0.1, 0.15) is 45.5 Å². The SMILES string of the molecule is CCCc1nc(NCC)c(C)c(N(C)CCOC(C)C)n1. The number of likely N-dealkylation sites (N-methyl/N-ethyl adjacent to an activating group) is 1. The molecule has 0 spiro atoms. The van der Waals surface area contributed by atoms with Crippen LogP contribution in [-0.2, 0) is 11.2 Å². The third-order valence-corrected chi connectivity index (χ3v) is 3.22. The van der Waals surface area contributed by atoms with E-state index in [9.17, 15) is 0 Å². The van der Waals surface area contributed by atoms with Gasteiger partial charge < -0.3 is 15.0 Å². The van der Waals surface area contributed by atoms with Gasteiger partial charge in [0.05, 0.1) is 12.7 Å². The van der Waals surface area contributed by atoms with Crippen molar-refractivity contribution in [3.8, 4) is 0 Å². The molecule has 0 radical (unpaired) electrons. The molecule has 1 aromatic rings. The van der Waals surface area contributed by atoms with Crippen molar-refractivity contribution in [2.75, 3.05) is 37.0 Å². The van der Waals surface area contributed by atoms with Gasteiger partial charge in [0.1, 0.15) is 17.5 Å². The highest BCUT2D eigenvalue weighted by Crippen LogP contribution is 2.23. The molecule has 1 aromatic heterocycles. The number of aryl methyl sites for hydroxylation is 1. The summed E-state index contributed by atoms with van der Waals surface area (Å²) in [4.78, 5) is 11.5. The normalized spacial score (nSPS) is 11.0. The third-order valence-electron chi connectivity index (χ3n) is 3.22. The molecule has 0 amide bonds. The molecule has 0 saturated carbocycles. The van der Waals surface area contributed by atoms with E-state index in [1.807, 2.05) is 0 Å². The summed E-state index contributed by atoms with van der Waals surface area (Å²) < 4.78 is 5.63. The summed E-state index contributed by atoms with van der Waals surface area (Å²) >= 11 is 0. The minimum absolute atomic E-state index is 0.262. The fraction of sp³-hybridized carbons (Fsp3) is 0.750. The summed E-state index contributed by atoms with van der Waals surface area (Å²) in [5.74, 6) is 2.85. The Labute approximate surface area is 129 Å². The summed E-state index contributed by atoms with van der Waals surface area (Å²) in [6.45, 7) is 12.8. The average molecular weight is 294 g/mol. The standard InChI is InChI=1S/C16H30N4O/c1-7-9-14-18-15(17-8-2)13(5)16(19-14)20(6)10-11-21-12(3)4/h12H,7-11H2,1-6H3,(H,17,18,19). The van der Waals surface area contributed by atoms with Gasteiger partial charge in [-0.15, -0.1) is 0 Å². The fourth-order valence-corrected chi connectivity index (χ4v) is 2.13. The van der Waals surface area contributed by atoms with Crippen molar-refractivity contribution in [3.63, 3.8) is 0 Å². The van der Waals surface area contributed by atoms with Crippen LogP contribution in [0.15, 0.2) is 0 Å². The van der Waals surface area contributed by atoms with E-state index in [2.05, 4.69) is 56.9 Å². The van der Waals surface area contributed by atoms with E-state index in [0.29, 0.717) is 6.61 Å². The molecule has 1 rings (SSSR count). The van der Waals surface area contributed by atoms with Crippen LogP contribution in [0.4, 0.5) is 11.6 Å². The summed E-state index contributed by atoms with van der Waals surface area (Å²) in [5, 5.41) is 3.34. The summed E-state index contributed by atoms with van der Waals surface area (Å²) in [5.41, 5.74) is 1.10. The van der Waals surface area contributed by atoms with Gasteiger partial charge in [-0.3, -0.25) is 0 Å². The quantitative estimate of drug-likeness (QED) is 0.758. The molecule has 0 saturated heterocycles. The van der Waals surface area contributed by atoms with Gasteiger partial charge in [-0.2, -0.15) is 0 Å². The zero-order valence-corrected chi connectivity index (χ0v) is 14.4. The minimum Gasteiger partial charge on any atom is -0.377 e. The molecule has 0 aliphatic heterocycles. The number of ether oxygens (including phenoxy) is 1. The van der Waals surface area contributed by atoms with Gasteiger partial charge >= 0.3 is 0 Å². The van der Waals surface area contributed by atoms with E-state index in [0.717, 1.165) is 49.0 Å². The number of nitrogens with one attached hydrogen (secondary N) is 1. The molecular formula is C16H30N4O. The van der Waals surface area contributed by atoms with Crippen molar-refractivity contribution in [3.05, 3.63) is 11.4 Å². The summed E-state index contributed by atoms with van der Waals surface area (Å²) in [6.07, 6.45) is 2.22. The molecular weight excluding hydrogens is 264 g/mol. The number of nitrogens with zero attached hydrogens (tertiary/aromatic N) is 3. The second kappa shape index (κ2) is 8.82. The van der Waals surface area contributed by atoms with Crippen LogP contribution < -0.4 is 10.2 Å². The van der Waals surface area contributed by atoms with Crippen molar-refractivity contribution in [2.24, 2.45) is 0 Å². The van der Waals surface area contributed by atoms with E-state index in [-0.39, 0.29) is 6.10 Å². The zero-order chi connectivity index (χ0) is 15.8. The highest BCUT2D eigenvalue weighted by molar-refractivity contribution is 5.58. The van der Waals surface area contributed by atoms with Crippen molar-refractivity contribution < 1.29 is 4.74 Å². The first kappa shape index (κ1) is 17.7. The minimum atomic E-state index is 0.262. The number of hydrogen-bond acceptors (Lipinski definition) is 5. The predicted molar refractivity (Wildman–Crippen MR) is 89.3 cm³/mol. The van der Waals surface area contributed by atoms with E-state index < -0.39 is 0 Å². The molecule has 0 aliphatic rings. The van der Waals surface area contributed by atoms with Gasteiger partial charge in [-0.05, 0) is 34.1 Å². The Morgan fingerprint density at radius 3 is 2.52 bits per heavy atom. The fourth-order valence-electron chi connectivity index (χ4n) is 2.13. The Morgan fingerprint density at radius 2 is 1.95 bits per heavy atom. The Bertz CT molecular complexity index is 435. The lowest BCUT2D eigenvalue weighted by Gasteiger charge is -2.23. The Balaban J connectivity index is 2.91. The number of anilines is 2. The highest BCUT2D eigenvalue weighted by Gasteiger charge is 2.13.